The third kappa shape index (κ3) is 2.62. The average molecular weight is 292 g/mol. The number of ether oxygens (including phenoxy) is 1. The Balaban J connectivity index is 1.60. The number of fused-ring (bicyclic) bond motifs is 2. The Morgan fingerprint density at radius 3 is 2.81 bits per heavy atom. The summed E-state index contributed by atoms with van der Waals surface area (Å²) in [7, 11) is 1.43. The van der Waals surface area contributed by atoms with Gasteiger partial charge in [0.2, 0.25) is 5.91 Å². The number of nitrogens with two attached hydrogens (primary N) is 1. The van der Waals surface area contributed by atoms with Gasteiger partial charge >= 0.3 is 0 Å². The Hall–Kier alpha value is -1.62. The lowest BCUT2D eigenvalue weighted by molar-refractivity contribution is -0.127. The van der Waals surface area contributed by atoms with Crippen LogP contribution in [0.2, 0.25) is 0 Å². The van der Waals surface area contributed by atoms with E-state index in [4.69, 9.17) is 10.5 Å². The average Bonchev–Trinajstić information content (AvgIpc) is 3.06. The maximum Gasteiger partial charge on any atom is 0.225 e. The predicted molar refractivity (Wildman–Crippen MR) is 77.1 cm³/mol. The van der Waals surface area contributed by atoms with E-state index in [1.807, 2.05) is 0 Å². The number of halogens is 1. The molecule has 1 aromatic rings. The van der Waals surface area contributed by atoms with Crippen molar-refractivity contribution in [3.8, 4) is 5.75 Å². The lowest BCUT2D eigenvalue weighted by atomic mass is 9.84. The van der Waals surface area contributed by atoms with Crippen LogP contribution in [0.1, 0.15) is 24.8 Å². The quantitative estimate of drug-likeness (QED) is 0.890. The van der Waals surface area contributed by atoms with Gasteiger partial charge in [-0.1, -0.05) is 6.07 Å². The molecule has 0 heterocycles. The third-order valence-corrected chi connectivity index (χ3v) is 4.97. The van der Waals surface area contributed by atoms with Gasteiger partial charge in [-0.25, -0.2) is 4.39 Å². The van der Waals surface area contributed by atoms with Gasteiger partial charge in [-0.15, -0.1) is 0 Å². The molecule has 2 fully saturated rings. The summed E-state index contributed by atoms with van der Waals surface area (Å²) in [5.41, 5.74) is 6.88. The summed E-state index contributed by atoms with van der Waals surface area (Å²) in [6.07, 6.45) is 3.34. The number of amides is 1. The van der Waals surface area contributed by atoms with Crippen LogP contribution in [0.25, 0.3) is 0 Å². The van der Waals surface area contributed by atoms with Crippen molar-refractivity contribution >= 4 is 5.91 Å². The summed E-state index contributed by atoms with van der Waals surface area (Å²) < 4.78 is 18.5. The Bertz CT molecular complexity index is 547. The molecule has 2 aliphatic rings. The second-order valence-electron chi connectivity index (χ2n) is 6.12. The van der Waals surface area contributed by atoms with Gasteiger partial charge in [0.15, 0.2) is 11.6 Å². The number of methoxy groups -OCH3 is 1. The first kappa shape index (κ1) is 14.3. The van der Waals surface area contributed by atoms with Crippen LogP contribution in [0.3, 0.4) is 0 Å². The molecule has 1 aromatic carbocycles. The Kier molecular flexibility index (Phi) is 3.85. The summed E-state index contributed by atoms with van der Waals surface area (Å²) in [6.45, 7) is 0.320. The topological polar surface area (TPSA) is 64.3 Å². The summed E-state index contributed by atoms with van der Waals surface area (Å²) in [6, 6.07) is 4.69. The number of carbonyl (C=O) groups is 1. The van der Waals surface area contributed by atoms with E-state index in [-0.39, 0.29) is 23.6 Å². The SMILES string of the molecule is COc1ccc(CNC(=O)C2C3CCC(C3)C2N)cc1F. The fourth-order valence-corrected chi connectivity index (χ4v) is 3.85. The van der Waals surface area contributed by atoms with E-state index in [1.54, 1.807) is 12.1 Å². The van der Waals surface area contributed by atoms with E-state index in [0.717, 1.165) is 24.8 Å². The fourth-order valence-electron chi connectivity index (χ4n) is 3.85. The van der Waals surface area contributed by atoms with Crippen LogP contribution in [0.4, 0.5) is 4.39 Å². The molecule has 1 amide bonds. The molecule has 2 saturated carbocycles. The summed E-state index contributed by atoms with van der Waals surface area (Å²) in [5.74, 6) is 0.653. The molecule has 0 saturated heterocycles. The second-order valence-corrected chi connectivity index (χ2v) is 6.12. The maximum absolute atomic E-state index is 13.6. The van der Waals surface area contributed by atoms with Crippen molar-refractivity contribution in [3.63, 3.8) is 0 Å². The Morgan fingerprint density at radius 1 is 1.43 bits per heavy atom. The van der Waals surface area contributed by atoms with Crippen molar-refractivity contribution in [3.05, 3.63) is 29.6 Å². The van der Waals surface area contributed by atoms with E-state index < -0.39 is 5.82 Å². The molecule has 3 N–H and O–H groups in total. The zero-order valence-electron chi connectivity index (χ0n) is 12.1. The number of hydrogen-bond donors (Lipinski definition) is 2. The van der Waals surface area contributed by atoms with Gasteiger partial charge in [0.25, 0.3) is 0 Å². The molecule has 4 nitrogen and oxygen atoms in total. The van der Waals surface area contributed by atoms with Gasteiger partial charge in [-0.05, 0) is 48.8 Å². The number of hydrogen-bond acceptors (Lipinski definition) is 3. The van der Waals surface area contributed by atoms with E-state index in [9.17, 15) is 9.18 Å². The van der Waals surface area contributed by atoms with Crippen LogP contribution >= 0.6 is 0 Å². The molecule has 2 bridgehead atoms. The van der Waals surface area contributed by atoms with Gasteiger partial charge < -0.3 is 15.8 Å². The van der Waals surface area contributed by atoms with Crippen LogP contribution < -0.4 is 15.8 Å². The van der Waals surface area contributed by atoms with E-state index in [0.29, 0.717) is 18.4 Å². The molecule has 0 aromatic heterocycles. The van der Waals surface area contributed by atoms with Gasteiger partial charge in [-0.2, -0.15) is 0 Å². The molecule has 2 aliphatic carbocycles. The summed E-state index contributed by atoms with van der Waals surface area (Å²) in [4.78, 5) is 12.3. The lowest BCUT2D eigenvalue weighted by Crippen LogP contribution is -2.45. The van der Waals surface area contributed by atoms with E-state index in [2.05, 4.69) is 5.32 Å². The van der Waals surface area contributed by atoms with Gasteiger partial charge in [0.1, 0.15) is 0 Å². The minimum Gasteiger partial charge on any atom is -0.494 e. The Labute approximate surface area is 123 Å². The number of carbonyl (C=O) groups excluding carboxylic acids is 1. The highest BCUT2D eigenvalue weighted by atomic mass is 19.1. The highest BCUT2D eigenvalue weighted by Crippen LogP contribution is 2.47. The van der Waals surface area contributed by atoms with E-state index >= 15 is 0 Å². The maximum atomic E-state index is 13.6. The minimum atomic E-state index is -0.416. The number of rotatable bonds is 4. The minimum absolute atomic E-state index is 0.00549. The second kappa shape index (κ2) is 5.64. The van der Waals surface area contributed by atoms with Crippen LogP contribution in [0.15, 0.2) is 18.2 Å². The largest absolute Gasteiger partial charge is 0.494 e. The molecule has 21 heavy (non-hydrogen) atoms. The first-order valence-electron chi connectivity index (χ1n) is 7.46. The molecule has 3 rings (SSSR count). The molecule has 5 heteroatoms. The van der Waals surface area contributed by atoms with Crippen molar-refractivity contribution in [1.82, 2.24) is 5.32 Å². The molecular weight excluding hydrogens is 271 g/mol. The van der Waals surface area contributed by atoms with Crippen LogP contribution in [0, 0.1) is 23.6 Å². The normalized spacial score (nSPS) is 30.4. The molecule has 0 radical (unpaired) electrons. The fraction of sp³-hybridized carbons (Fsp3) is 0.562. The molecular formula is C16H21FN2O2. The standard InChI is InChI=1S/C16H21FN2O2/c1-21-13-5-2-9(6-12(13)17)8-19-16(20)14-10-3-4-11(7-10)15(14)18/h2,5-6,10-11,14-15H,3-4,7-8,18H2,1H3,(H,19,20). The smallest absolute Gasteiger partial charge is 0.225 e. The molecule has 0 aliphatic heterocycles. The summed E-state index contributed by atoms with van der Waals surface area (Å²) >= 11 is 0. The number of benzene rings is 1. The highest BCUT2D eigenvalue weighted by molar-refractivity contribution is 5.80. The molecule has 114 valence electrons. The lowest BCUT2D eigenvalue weighted by Gasteiger charge is -2.27. The van der Waals surface area contributed by atoms with Gasteiger partial charge in [0, 0.05) is 12.6 Å². The molecule has 0 spiro atoms. The zero-order valence-corrected chi connectivity index (χ0v) is 12.1. The van der Waals surface area contributed by atoms with Gasteiger partial charge in [0.05, 0.1) is 13.0 Å². The van der Waals surface area contributed by atoms with Crippen molar-refractivity contribution in [2.45, 2.75) is 31.8 Å². The highest BCUT2D eigenvalue weighted by Gasteiger charge is 2.48. The predicted octanol–water partition coefficient (Wildman–Crippen LogP) is 1.82. The third-order valence-electron chi connectivity index (χ3n) is 4.97. The van der Waals surface area contributed by atoms with Crippen molar-refractivity contribution in [2.75, 3.05) is 7.11 Å². The number of nitrogens with one attached hydrogen (secondary N) is 1. The summed E-state index contributed by atoms with van der Waals surface area (Å²) in [5, 5.41) is 2.89. The molecule has 4 atom stereocenters. The van der Waals surface area contributed by atoms with Crippen molar-refractivity contribution in [1.29, 1.82) is 0 Å². The van der Waals surface area contributed by atoms with Crippen LogP contribution in [-0.2, 0) is 11.3 Å². The molecule has 4 unspecified atom stereocenters. The first-order valence-corrected chi connectivity index (χ1v) is 7.46. The van der Waals surface area contributed by atoms with Crippen LogP contribution in [0.5, 0.6) is 5.75 Å². The Morgan fingerprint density at radius 2 is 2.19 bits per heavy atom. The van der Waals surface area contributed by atoms with Crippen molar-refractivity contribution < 1.29 is 13.9 Å². The first-order chi connectivity index (χ1) is 10.1. The zero-order chi connectivity index (χ0) is 15.0. The van der Waals surface area contributed by atoms with Crippen LogP contribution in [-0.4, -0.2) is 19.1 Å². The van der Waals surface area contributed by atoms with Crippen molar-refractivity contribution in [2.24, 2.45) is 23.5 Å². The monoisotopic (exact) mass is 292 g/mol. The van der Waals surface area contributed by atoms with Gasteiger partial charge in [-0.3, -0.25) is 4.79 Å². The van der Waals surface area contributed by atoms with E-state index in [1.165, 1.54) is 13.2 Å².